The molecular weight excluding hydrogens is 288 g/mol. The van der Waals surface area contributed by atoms with Crippen molar-refractivity contribution in [1.82, 2.24) is 9.59 Å². The number of carbonyl (C=O) groups excluding carboxylic acids is 1. The first-order valence-electron chi connectivity index (χ1n) is 6.48. The molecule has 0 amide bonds. The molecule has 1 aromatic carbocycles. The zero-order valence-electron chi connectivity index (χ0n) is 12.8. The molecule has 0 spiro atoms. The molecule has 2 aromatic rings. The van der Waals surface area contributed by atoms with Crippen LogP contribution in [0.4, 0.5) is 0 Å². The number of carbonyl (C=O) groups is 1. The number of hydrogen-bond donors (Lipinski definition) is 0. The van der Waals surface area contributed by atoms with Crippen LogP contribution in [0.3, 0.4) is 0 Å². The molecule has 2 rings (SSSR count). The molecule has 21 heavy (non-hydrogen) atoms. The van der Waals surface area contributed by atoms with Gasteiger partial charge < -0.3 is 9.47 Å². The Bertz CT molecular complexity index is 637. The summed E-state index contributed by atoms with van der Waals surface area (Å²) in [6, 6.07) is 5.26. The second kappa shape index (κ2) is 5.81. The van der Waals surface area contributed by atoms with Gasteiger partial charge in [0.25, 0.3) is 0 Å². The molecule has 0 saturated carbocycles. The number of methoxy groups -OCH3 is 2. The highest BCUT2D eigenvalue weighted by Gasteiger charge is 2.30. The van der Waals surface area contributed by atoms with Gasteiger partial charge in [-0.1, -0.05) is 31.3 Å². The van der Waals surface area contributed by atoms with E-state index in [4.69, 9.17) is 9.47 Å². The van der Waals surface area contributed by atoms with Crippen LogP contribution < -0.4 is 9.47 Å². The predicted octanol–water partition coefficient (Wildman–Crippen LogP) is 3.08. The van der Waals surface area contributed by atoms with Crippen molar-refractivity contribution in [3.63, 3.8) is 0 Å². The molecule has 1 aromatic heterocycles. The van der Waals surface area contributed by atoms with Crippen molar-refractivity contribution >= 4 is 17.3 Å². The van der Waals surface area contributed by atoms with Gasteiger partial charge in [-0.2, -0.15) is 0 Å². The van der Waals surface area contributed by atoms with Crippen LogP contribution in [0, 0.1) is 0 Å². The summed E-state index contributed by atoms with van der Waals surface area (Å²) in [4.78, 5) is 13.4. The summed E-state index contributed by atoms with van der Waals surface area (Å²) >= 11 is 1.10. The highest BCUT2D eigenvalue weighted by atomic mass is 32.1. The third-order valence-electron chi connectivity index (χ3n) is 3.06. The number of ketones is 1. The first-order chi connectivity index (χ1) is 9.90. The predicted molar refractivity (Wildman–Crippen MR) is 81.6 cm³/mol. The number of aromatic nitrogens is 2. The molecule has 0 atom stereocenters. The molecule has 0 radical (unpaired) electrons. The highest BCUT2D eigenvalue weighted by molar-refractivity contribution is 7.08. The Balaban J connectivity index is 2.59. The molecule has 6 heteroatoms. The Morgan fingerprint density at radius 2 is 1.71 bits per heavy atom. The van der Waals surface area contributed by atoms with Crippen LogP contribution in [-0.4, -0.2) is 29.6 Å². The summed E-state index contributed by atoms with van der Waals surface area (Å²) in [5, 5.41) is 4.11. The Labute approximate surface area is 128 Å². The van der Waals surface area contributed by atoms with E-state index in [0.29, 0.717) is 27.6 Å². The topological polar surface area (TPSA) is 61.3 Å². The summed E-state index contributed by atoms with van der Waals surface area (Å²) in [6.45, 7) is 6.00. The van der Waals surface area contributed by atoms with Gasteiger partial charge in [0.2, 0.25) is 5.78 Å². The molecular formula is C15H18N2O3S. The van der Waals surface area contributed by atoms with Crippen molar-refractivity contribution < 1.29 is 14.3 Å². The zero-order chi connectivity index (χ0) is 15.6. The quantitative estimate of drug-likeness (QED) is 0.812. The number of hydrogen-bond acceptors (Lipinski definition) is 6. The fourth-order valence-corrected chi connectivity index (χ4v) is 2.84. The fraction of sp³-hybridized carbons (Fsp3) is 0.400. The smallest absolute Gasteiger partial charge is 0.214 e. The minimum Gasteiger partial charge on any atom is -0.496 e. The normalized spacial score (nSPS) is 11.3. The Morgan fingerprint density at radius 1 is 1.14 bits per heavy atom. The number of rotatable bonds is 4. The van der Waals surface area contributed by atoms with Gasteiger partial charge in [-0.25, -0.2) is 0 Å². The van der Waals surface area contributed by atoms with E-state index in [2.05, 4.69) is 9.59 Å². The summed E-state index contributed by atoms with van der Waals surface area (Å²) in [5.41, 5.74) is 0.831. The maximum Gasteiger partial charge on any atom is 0.214 e. The van der Waals surface area contributed by atoms with E-state index in [-0.39, 0.29) is 11.2 Å². The minimum atomic E-state index is -0.257. The van der Waals surface area contributed by atoms with E-state index in [1.807, 2.05) is 20.8 Å². The lowest BCUT2D eigenvalue weighted by Gasteiger charge is -2.17. The first-order valence-corrected chi connectivity index (χ1v) is 7.26. The molecule has 0 bridgehead atoms. The molecule has 0 N–H and O–H groups in total. The Morgan fingerprint density at radius 3 is 2.19 bits per heavy atom. The summed E-state index contributed by atoms with van der Waals surface area (Å²) in [7, 11) is 3.06. The molecule has 112 valence electrons. The lowest BCUT2D eigenvalue weighted by Crippen LogP contribution is -2.17. The molecule has 0 aliphatic heterocycles. The second-order valence-electron chi connectivity index (χ2n) is 5.57. The largest absolute Gasteiger partial charge is 0.496 e. The fourth-order valence-electron chi connectivity index (χ4n) is 2.02. The summed E-state index contributed by atoms with van der Waals surface area (Å²) in [6.07, 6.45) is 0. The summed E-state index contributed by atoms with van der Waals surface area (Å²) in [5.74, 6) is 0.782. The SMILES string of the molecule is COc1cccc(OC)c1C(=O)c1snnc1C(C)(C)C. The van der Waals surface area contributed by atoms with Crippen LogP contribution in [0.15, 0.2) is 18.2 Å². The minimum absolute atomic E-state index is 0.177. The number of benzene rings is 1. The summed E-state index contributed by atoms with van der Waals surface area (Å²) < 4.78 is 14.5. The van der Waals surface area contributed by atoms with E-state index < -0.39 is 0 Å². The van der Waals surface area contributed by atoms with Crippen LogP contribution in [0.5, 0.6) is 11.5 Å². The first kappa shape index (κ1) is 15.4. The van der Waals surface area contributed by atoms with Crippen LogP contribution in [0.25, 0.3) is 0 Å². The van der Waals surface area contributed by atoms with Crippen molar-refractivity contribution in [3.8, 4) is 11.5 Å². The van der Waals surface area contributed by atoms with Gasteiger partial charge in [0.05, 0.1) is 19.9 Å². The lowest BCUT2D eigenvalue weighted by molar-refractivity contribution is 0.103. The third kappa shape index (κ3) is 2.90. The zero-order valence-corrected chi connectivity index (χ0v) is 13.6. The Kier molecular flexibility index (Phi) is 4.27. The molecule has 0 saturated heterocycles. The van der Waals surface area contributed by atoms with E-state index in [1.54, 1.807) is 18.2 Å². The highest BCUT2D eigenvalue weighted by Crippen LogP contribution is 2.34. The van der Waals surface area contributed by atoms with Crippen molar-refractivity contribution in [2.75, 3.05) is 14.2 Å². The van der Waals surface area contributed by atoms with Gasteiger partial charge in [-0.05, 0) is 23.7 Å². The number of nitrogens with zero attached hydrogens (tertiary/aromatic N) is 2. The van der Waals surface area contributed by atoms with E-state index >= 15 is 0 Å². The lowest BCUT2D eigenvalue weighted by atomic mass is 9.89. The molecule has 0 aliphatic carbocycles. The molecule has 0 fully saturated rings. The van der Waals surface area contributed by atoms with Gasteiger partial charge in [0, 0.05) is 5.41 Å². The van der Waals surface area contributed by atoms with Gasteiger partial charge in [-0.15, -0.1) is 5.10 Å². The van der Waals surface area contributed by atoms with Crippen LogP contribution >= 0.6 is 11.5 Å². The maximum absolute atomic E-state index is 12.9. The van der Waals surface area contributed by atoms with Gasteiger partial charge in [-0.3, -0.25) is 4.79 Å². The number of ether oxygens (including phenoxy) is 2. The standard InChI is InChI=1S/C15H18N2O3S/c1-15(2,3)14-13(21-17-16-14)12(18)11-9(19-4)7-6-8-10(11)20-5/h6-8H,1-5H3. The van der Waals surface area contributed by atoms with Crippen molar-refractivity contribution in [2.45, 2.75) is 26.2 Å². The molecule has 5 nitrogen and oxygen atoms in total. The van der Waals surface area contributed by atoms with Crippen LogP contribution in [-0.2, 0) is 5.41 Å². The van der Waals surface area contributed by atoms with Gasteiger partial charge in [0.15, 0.2) is 0 Å². The van der Waals surface area contributed by atoms with Gasteiger partial charge in [0.1, 0.15) is 21.9 Å². The van der Waals surface area contributed by atoms with E-state index in [0.717, 1.165) is 11.5 Å². The second-order valence-corrected chi connectivity index (χ2v) is 6.32. The van der Waals surface area contributed by atoms with Crippen molar-refractivity contribution in [3.05, 3.63) is 34.3 Å². The Hall–Kier alpha value is -1.95. The molecule has 0 unspecified atom stereocenters. The van der Waals surface area contributed by atoms with Crippen LogP contribution in [0.2, 0.25) is 0 Å². The van der Waals surface area contributed by atoms with Crippen molar-refractivity contribution in [2.24, 2.45) is 0 Å². The maximum atomic E-state index is 12.9. The third-order valence-corrected chi connectivity index (χ3v) is 3.78. The molecule has 0 aliphatic rings. The van der Waals surface area contributed by atoms with E-state index in [1.165, 1.54) is 14.2 Å². The van der Waals surface area contributed by atoms with Gasteiger partial charge >= 0.3 is 0 Å². The van der Waals surface area contributed by atoms with Crippen LogP contribution in [0.1, 0.15) is 41.7 Å². The average molecular weight is 306 g/mol. The molecule has 1 heterocycles. The van der Waals surface area contributed by atoms with E-state index in [9.17, 15) is 4.79 Å². The van der Waals surface area contributed by atoms with Crippen molar-refractivity contribution in [1.29, 1.82) is 0 Å². The monoisotopic (exact) mass is 306 g/mol. The average Bonchev–Trinajstić information content (AvgIpc) is 2.95.